The van der Waals surface area contributed by atoms with Crippen LogP contribution in [-0.2, 0) is 0 Å². The molecule has 6 heteroatoms. The van der Waals surface area contributed by atoms with E-state index in [4.69, 9.17) is 34.8 Å². The van der Waals surface area contributed by atoms with Crippen molar-refractivity contribution in [1.29, 1.82) is 0 Å². The standard InChI is InChI=1S/C4H2Cl3F3/c5-2(6)1-3(8,9)4(2,7)10/h1H2/t4-/m1/s1. The van der Waals surface area contributed by atoms with Gasteiger partial charge in [0.2, 0.25) is 0 Å². The normalized spacial score (nSPS) is 42.6. The van der Waals surface area contributed by atoms with Crippen LogP contribution in [0.5, 0.6) is 0 Å². The lowest BCUT2D eigenvalue weighted by atomic mass is 9.90. The lowest BCUT2D eigenvalue weighted by Gasteiger charge is -2.47. The van der Waals surface area contributed by atoms with Crippen LogP contribution in [0.4, 0.5) is 13.2 Å². The summed E-state index contributed by atoms with van der Waals surface area (Å²) in [5.74, 6) is -3.61. The lowest BCUT2D eigenvalue weighted by molar-refractivity contribution is -0.173. The molecule has 1 aliphatic rings. The first-order valence-electron chi connectivity index (χ1n) is 2.34. The minimum atomic E-state index is -3.61. The van der Waals surface area contributed by atoms with E-state index in [2.05, 4.69) is 0 Å². The second kappa shape index (κ2) is 1.87. The summed E-state index contributed by atoms with van der Waals surface area (Å²) < 4.78 is 34.6. The van der Waals surface area contributed by atoms with Crippen LogP contribution in [0, 0.1) is 0 Å². The molecule has 0 heterocycles. The fraction of sp³-hybridized carbons (Fsp3) is 1.00. The van der Waals surface area contributed by atoms with Crippen LogP contribution in [0.3, 0.4) is 0 Å². The van der Waals surface area contributed by atoms with E-state index in [9.17, 15) is 13.2 Å². The Kier molecular flexibility index (Phi) is 1.64. The van der Waals surface area contributed by atoms with Crippen molar-refractivity contribution >= 4 is 34.8 Å². The van der Waals surface area contributed by atoms with Gasteiger partial charge < -0.3 is 0 Å². The molecule has 1 rings (SSSR count). The Morgan fingerprint density at radius 3 is 1.40 bits per heavy atom. The van der Waals surface area contributed by atoms with E-state index in [0.29, 0.717) is 0 Å². The molecule has 0 aromatic rings. The van der Waals surface area contributed by atoms with Crippen molar-refractivity contribution in [3.8, 4) is 0 Å². The number of halogens is 6. The highest BCUT2D eigenvalue weighted by atomic mass is 35.5. The van der Waals surface area contributed by atoms with Crippen LogP contribution in [0.2, 0.25) is 0 Å². The van der Waals surface area contributed by atoms with Gasteiger partial charge in [-0.3, -0.25) is 0 Å². The van der Waals surface area contributed by atoms with E-state index in [1.54, 1.807) is 0 Å². The van der Waals surface area contributed by atoms with Crippen molar-refractivity contribution in [3.63, 3.8) is 0 Å². The molecule has 0 saturated heterocycles. The van der Waals surface area contributed by atoms with E-state index in [0.717, 1.165) is 0 Å². The van der Waals surface area contributed by atoms with Crippen molar-refractivity contribution in [2.45, 2.75) is 21.8 Å². The van der Waals surface area contributed by atoms with Gasteiger partial charge in [0.15, 0.2) is 4.33 Å². The Hall–Kier alpha value is 0.660. The van der Waals surface area contributed by atoms with Gasteiger partial charge in [-0.25, -0.2) is 13.2 Å². The third kappa shape index (κ3) is 0.836. The van der Waals surface area contributed by atoms with E-state index in [-0.39, 0.29) is 0 Å². The van der Waals surface area contributed by atoms with Crippen molar-refractivity contribution in [2.75, 3.05) is 0 Å². The highest BCUT2D eigenvalue weighted by Gasteiger charge is 2.77. The second-order valence-electron chi connectivity index (χ2n) is 2.16. The fourth-order valence-electron chi connectivity index (χ4n) is 0.662. The Morgan fingerprint density at radius 2 is 1.40 bits per heavy atom. The van der Waals surface area contributed by atoms with Crippen molar-refractivity contribution in [3.05, 3.63) is 0 Å². The molecule has 1 saturated carbocycles. The van der Waals surface area contributed by atoms with Crippen molar-refractivity contribution in [1.82, 2.24) is 0 Å². The summed E-state index contributed by atoms with van der Waals surface area (Å²) in [7, 11) is 0. The fourth-order valence-corrected chi connectivity index (χ4v) is 1.41. The van der Waals surface area contributed by atoms with Gasteiger partial charge in [-0.1, -0.05) is 34.8 Å². The highest BCUT2D eigenvalue weighted by molar-refractivity contribution is 6.54. The first kappa shape index (κ1) is 8.75. The van der Waals surface area contributed by atoms with Gasteiger partial charge in [-0.15, -0.1) is 0 Å². The summed E-state index contributed by atoms with van der Waals surface area (Å²) in [5.41, 5.74) is 0. The third-order valence-corrected chi connectivity index (χ3v) is 2.94. The van der Waals surface area contributed by atoms with Gasteiger partial charge in [0.05, 0.1) is 6.42 Å². The smallest absolute Gasteiger partial charge is 0.216 e. The van der Waals surface area contributed by atoms with E-state index >= 15 is 0 Å². The van der Waals surface area contributed by atoms with E-state index in [1.807, 2.05) is 0 Å². The predicted octanol–water partition coefficient (Wildman–Crippen LogP) is 3.10. The molecule has 0 aromatic heterocycles. The molecule has 0 radical (unpaired) electrons. The molecule has 1 atom stereocenters. The van der Waals surface area contributed by atoms with Gasteiger partial charge in [-0.2, -0.15) is 0 Å². The molecule has 0 spiro atoms. The SMILES string of the molecule is FC1(F)CC(Cl)(Cl)[C@]1(F)Cl. The van der Waals surface area contributed by atoms with Gasteiger partial charge in [-0.05, 0) is 0 Å². The van der Waals surface area contributed by atoms with Crippen LogP contribution in [0.25, 0.3) is 0 Å². The molecule has 1 aliphatic carbocycles. The Bertz CT molecular complexity index is 149. The maximum Gasteiger partial charge on any atom is 0.301 e. The van der Waals surface area contributed by atoms with Gasteiger partial charge in [0, 0.05) is 0 Å². The zero-order valence-corrected chi connectivity index (χ0v) is 6.74. The predicted molar refractivity (Wildman–Crippen MR) is 33.7 cm³/mol. The molecule has 0 aliphatic heterocycles. The molecular weight excluding hydrogens is 211 g/mol. The monoisotopic (exact) mass is 212 g/mol. The maximum absolute atomic E-state index is 12.5. The van der Waals surface area contributed by atoms with Crippen LogP contribution in [-0.4, -0.2) is 15.4 Å². The summed E-state index contributed by atoms with van der Waals surface area (Å²) in [6.45, 7) is 0. The second-order valence-corrected chi connectivity index (χ2v) is 4.16. The number of alkyl halides is 6. The third-order valence-electron chi connectivity index (χ3n) is 1.36. The van der Waals surface area contributed by atoms with Crippen molar-refractivity contribution < 1.29 is 13.2 Å². The Labute approximate surface area is 70.2 Å². The molecule has 0 nitrogen and oxygen atoms in total. The van der Waals surface area contributed by atoms with Gasteiger partial charge in [0.1, 0.15) is 0 Å². The quantitative estimate of drug-likeness (QED) is 0.542. The Balaban J connectivity index is 2.85. The molecule has 0 N–H and O–H groups in total. The average molecular weight is 213 g/mol. The number of rotatable bonds is 0. The molecule has 0 amide bonds. The molecule has 1 fully saturated rings. The summed E-state index contributed by atoms with van der Waals surface area (Å²) in [5, 5.41) is -3.32. The van der Waals surface area contributed by atoms with E-state index in [1.165, 1.54) is 0 Å². The largest absolute Gasteiger partial charge is 0.301 e. The number of hydrogen-bond donors (Lipinski definition) is 0. The average Bonchev–Trinajstić information content (AvgIpc) is 1.61. The molecule has 0 bridgehead atoms. The van der Waals surface area contributed by atoms with Crippen LogP contribution < -0.4 is 0 Å². The number of hydrogen-bond acceptors (Lipinski definition) is 0. The zero-order chi connectivity index (χ0) is 8.21. The topological polar surface area (TPSA) is 0 Å². The maximum atomic E-state index is 12.5. The summed E-state index contributed by atoms with van der Waals surface area (Å²) in [6.07, 6.45) is -0.941. The first-order chi connectivity index (χ1) is 4.21. The van der Waals surface area contributed by atoms with Crippen LogP contribution in [0.15, 0.2) is 0 Å². The molecule has 0 aromatic carbocycles. The summed E-state index contributed by atoms with van der Waals surface area (Å²) in [4.78, 5) is 0. The van der Waals surface area contributed by atoms with Crippen LogP contribution >= 0.6 is 34.8 Å². The zero-order valence-electron chi connectivity index (χ0n) is 4.47. The van der Waals surface area contributed by atoms with Gasteiger partial charge in [0.25, 0.3) is 5.13 Å². The molecule has 10 heavy (non-hydrogen) atoms. The molecule has 0 unspecified atom stereocenters. The van der Waals surface area contributed by atoms with Crippen LogP contribution in [0.1, 0.15) is 6.42 Å². The lowest BCUT2D eigenvalue weighted by Crippen LogP contribution is -2.65. The van der Waals surface area contributed by atoms with Crippen molar-refractivity contribution in [2.24, 2.45) is 0 Å². The van der Waals surface area contributed by atoms with E-state index < -0.39 is 21.8 Å². The summed E-state index contributed by atoms with van der Waals surface area (Å²) >= 11 is 14.8. The minimum absolute atomic E-state index is 0.941. The molecule has 60 valence electrons. The summed E-state index contributed by atoms with van der Waals surface area (Å²) in [6, 6.07) is 0. The highest BCUT2D eigenvalue weighted by Crippen LogP contribution is 2.64. The minimum Gasteiger partial charge on any atom is -0.216 e. The van der Waals surface area contributed by atoms with Gasteiger partial charge >= 0.3 is 5.92 Å². The Morgan fingerprint density at radius 1 is 1.00 bits per heavy atom. The molecular formula is C4H2Cl3F3. The first-order valence-corrected chi connectivity index (χ1v) is 3.47.